The zero-order chi connectivity index (χ0) is 32.8. The third-order valence-electron chi connectivity index (χ3n) is 8.48. The molecule has 0 unspecified atom stereocenters. The van der Waals surface area contributed by atoms with E-state index in [1.807, 2.05) is 55.4 Å². The molecule has 1 fully saturated rings. The Morgan fingerprint density at radius 1 is 1.13 bits per heavy atom. The van der Waals surface area contributed by atoms with Crippen molar-refractivity contribution in [1.29, 1.82) is 0 Å². The number of amides is 2. The quantitative estimate of drug-likeness (QED) is 0.217. The number of ether oxygens (including phenoxy) is 1. The van der Waals surface area contributed by atoms with Crippen molar-refractivity contribution in [2.75, 3.05) is 32.1 Å². The maximum Gasteiger partial charge on any atom is 0.254 e. The van der Waals surface area contributed by atoms with Gasteiger partial charge in [-0.05, 0) is 67.5 Å². The highest BCUT2D eigenvalue weighted by Crippen LogP contribution is 2.33. The van der Waals surface area contributed by atoms with Crippen LogP contribution in [0.25, 0.3) is 0 Å². The fourth-order valence-electron chi connectivity index (χ4n) is 5.81. The van der Waals surface area contributed by atoms with Gasteiger partial charge in [-0.3, -0.25) is 14.6 Å². The molecule has 0 aliphatic carbocycles. The smallest absolute Gasteiger partial charge is 0.254 e. The Kier molecular flexibility index (Phi) is 10.4. The zero-order valence-electron chi connectivity index (χ0n) is 27.1. The molecular formula is C36H43N5O5. The van der Waals surface area contributed by atoms with Gasteiger partial charge in [0.1, 0.15) is 18.1 Å². The number of likely N-dealkylation sites (tertiary alicyclic amines) is 1. The number of benzene rings is 2. The minimum atomic E-state index is -0.918. The Morgan fingerprint density at radius 2 is 1.89 bits per heavy atom. The van der Waals surface area contributed by atoms with Gasteiger partial charge in [0.25, 0.3) is 11.8 Å². The zero-order valence-corrected chi connectivity index (χ0v) is 27.1. The van der Waals surface area contributed by atoms with Crippen LogP contribution in [-0.2, 0) is 6.42 Å². The first kappa shape index (κ1) is 32.7. The van der Waals surface area contributed by atoms with E-state index in [-0.39, 0.29) is 24.1 Å². The molecule has 0 bridgehead atoms. The predicted octanol–water partition coefficient (Wildman–Crippen LogP) is 5.33. The van der Waals surface area contributed by atoms with Crippen LogP contribution in [0.2, 0.25) is 0 Å². The Balaban J connectivity index is 1.37. The second kappa shape index (κ2) is 14.6. The number of methoxy groups -OCH3 is 1. The molecule has 0 saturated carbocycles. The first-order valence-corrected chi connectivity index (χ1v) is 15.7. The number of aliphatic hydroxyl groups is 1. The topological polar surface area (TPSA) is 121 Å². The summed E-state index contributed by atoms with van der Waals surface area (Å²) >= 11 is 0. The van der Waals surface area contributed by atoms with Crippen molar-refractivity contribution < 1.29 is 23.8 Å². The first-order valence-electron chi connectivity index (χ1n) is 15.7. The van der Waals surface area contributed by atoms with E-state index < -0.39 is 18.1 Å². The fourth-order valence-corrected chi connectivity index (χ4v) is 5.81. The number of oxazole rings is 1. The molecule has 5 rings (SSSR count). The molecule has 2 aromatic carbocycles. The number of aliphatic hydroxyl groups excluding tert-OH is 1. The molecule has 0 radical (unpaired) electrons. The highest BCUT2D eigenvalue weighted by Gasteiger charge is 2.34. The number of nitrogens with zero attached hydrogens (tertiary/aromatic N) is 4. The van der Waals surface area contributed by atoms with Crippen molar-refractivity contribution >= 4 is 17.5 Å². The normalized spacial score (nSPS) is 15.9. The number of pyridine rings is 1. The molecule has 10 heteroatoms. The summed E-state index contributed by atoms with van der Waals surface area (Å²) in [6, 6.07) is 15.7. The number of anilines is 1. The van der Waals surface area contributed by atoms with Crippen LogP contribution in [0.15, 0.2) is 77.7 Å². The lowest BCUT2D eigenvalue weighted by atomic mass is 9.99. The van der Waals surface area contributed by atoms with Crippen molar-refractivity contribution in [1.82, 2.24) is 20.2 Å². The van der Waals surface area contributed by atoms with Crippen LogP contribution in [0.5, 0.6) is 5.75 Å². The van der Waals surface area contributed by atoms with Crippen LogP contribution in [0.4, 0.5) is 5.69 Å². The predicted molar refractivity (Wildman–Crippen MR) is 176 cm³/mol. The number of aromatic nitrogens is 2. The van der Waals surface area contributed by atoms with E-state index in [0.29, 0.717) is 36.1 Å². The molecule has 2 aromatic heterocycles. The number of hydrogen-bond acceptors (Lipinski definition) is 8. The van der Waals surface area contributed by atoms with Crippen LogP contribution >= 0.6 is 0 Å². The first-order chi connectivity index (χ1) is 22.1. The van der Waals surface area contributed by atoms with E-state index in [4.69, 9.17) is 9.15 Å². The van der Waals surface area contributed by atoms with Gasteiger partial charge in [0.05, 0.1) is 36.8 Å². The fraction of sp³-hybridized carbons (Fsp3) is 0.389. The molecule has 1 saturated heterocycles. The summed E-state index contributed by atoms with van der Waals surface area (Å²) in [6.45, 7) is 6.89. The number of rotatable bonds is 12. The van der Waals surface area contributed by atoms with Gasteiger partial charge in [-0.1, -0.05) is 44.2 Å². The SMILES string of the molecule is COc1cc(C(=O)N[C@@H](Cc2ccccc2)[C@H](O)CN(C)c2cncc(C(C)C)c2)cc(C(=O)N2CCC[C@@H]2c2nc(C)co2)c1. The van der Waals surface area contributed by atoms with Crippen LogP contribution < -0.4 is 15.0 Å². The monoisotopic (exact) mass is 625 g/mol. The van der Waals surface area contributed by atoms with Crippen LogP contribution in [0, 0.1) is 6.92 Å². The van der Waals surface area contributed by atoms with Gasteiger partial charge in [-0.25, -0.2) is 4.98 Å². The van der Waals surface area contributed by atoms with Crippen LogP contribution in [-0.4, -0.2) is 71.2 Å². The lowest BCUT2D eigenvalue weighted by Gasteiger charge is -2.29. The minimum absolute atomic E-state index is 0.231. The van der Waals surface area contributed by atoms with Crippen molar-refractivity contribution in [3.8, 4) is 5.75 Å². The highest BCUT2D eigenvalue weighted by atomic mass is 16.5. The Bertz CT molecular complexity index is 1640. The van der Waals surface area contributed by atoms with Gasteiger partial charge in [0, 0.05) is 37.5 Å². The summed E-state index contributed by atoms with van der Waals surface area (Å²) in [6.07, 6.45) is 6.26. The standard InChI is InChI=1S/C36H43N5O5/c1-23(2)28-16-29(20-37-19-28)40(4)21-33(42)31(14-25-10-7-6-8-11-25)39-34(43)26-15-27(18-30(17-26)45-5)36(44)41-13-9-12-32(41)35-38-24(3)22-46-35/h6-8,10-11,15-20,22-23,31-33,42H,9,12-14,21H2,1-5H3,(H,39,43)/t31-,32+,33+/m0/s1. The van der Waals surface area contributed by atoms with E-state index in [2.05, 4.69) is 35.2 Å². The summed E-state index contributed by atoms with van der Waals surface area (Å²) < 4.78 is 11.1. The van der Waals surface area contributed by atoms with Crippen molar-refractivity contribution in [3.05, 3.63) is 107 Å². The number of carbonyl (C=O) groups is 2. The van der Waals surface area contributed by atoms with Gasteiger partial charge in [0.15, 0.2) is 0 Å². The average molecular weight is 626 g/mol. The summed E-state index contributed by atoms with van der Waals surface area (Å²) in [4.78, 5) is 40.1. The third-order valence-corrected chi connectivity index (χ3v) is 8.48. The second-order valence-corrected chi connectivity index (χ2v) is 12.3. The number of likely N-dealkylation sites (N-methyl/N-ethyl adjacent to an activating group) is 1. The molecule has 1 aliphatic rings. The maximum absolute atomic E-state index is 13.8. The molecule has 1 aliphatic heterocycles. The van der Waals surface area contributed by atoms with Gasteiger partial charge in [0.2, 0.25) is 5.89 Å². The molecule has 242 valence electrons. The van der Waals surface area contributed by atoms with E-state index >= 15 is 0 Å². The van der Waals surface area contributed by atoms with Crippen molar-refractivity contribution in [2.24, 2.45) is 0 Å². The van der Waals surface area contributed by atoms with E-state index in [0.717, 1.165) is 35.3 Å². The third kappa shape index (κ3) is 7.74. The molecule has 0 spiro atoms. The molecule has 3 atom stereocenters. The van der Waals surface area contributed by atoms with Crippen molar-refractivity contribution in [2.45, 2.75) is 64.1 Å². The molecular weight excluding hydrogens is 582 g/mol. The van der Waals surface area contributed by atoms with Gasteiger partial charge in [-0.2, -0.15) is 0 Å². The largest absolute Gasteiger partial charge is 0.497 e. The molecule has 3 heterocycles. The summed E-state index contributed by atoms with van der Waals surface area (Å²) in [5, 5.41) is 14.6. The lowest BCUT2D eigenvalue weighted by Crippen LogP contribution is -2.49. The average Bonchev–Trinajstić information content (AvgIpc) is 3.73. The summed E-state index contributed by atoms with van der Waals surface area (Å²) in [5.74, 6) is 0.569. The second-order valence-electron chi connectivity index (χ2n) is 12.3. The number of hydrogen-bond donors (Lipinski definition) is 2. The van der Waals surface area contributed by atoms with Gasteiger partial charge < -0.3 is 29.4 Å². The summed E-state index contributed by atoms with van der Waals surface area (Å²) in [7, 11) is 3.40. The minimum Gasteiger partial charge on any atom is -0.497 e. The van der Waals surface area contributed by atoms with E-state index in [1.54, 1.807) is 35.6 Å². The summed E-state index contributed by atoms with van der Waals surface area (Å²) in [5.41, 5.74) is 4.31. The molecule has 46 heavy (non-hydrogen) atoms. The molecule has 10 nitrogen and oxygen atoms in total. The van der Waals surface area contributed by atoms with E-state index in [9.17, 15) is 14.7 Å². The van der Waals surface area contributed by atoms with Crippen molar-refractivity contribution in [3.63, 3.8) is 0 Å². The number of nitrogens with one attached hydrogen (secondary N) is 1. The Hall–Kier alpha value is -4.70. The Labute approximate surface area is 270 Å². The maximum atomic E-state index is 13.8. The lowest BCUT2D eigenvalue weighted by molar-refractivity contribution is 0.0715. The van der Waals surface area contributed by atoms with Gasteiger partial charge in [-0.15, -0.1) is 0 Å². The molecule has 2 amide bonds. The van der Waals surface area contributed by atoms with E-state index in [1.165, 1.54) is 7.11 Å². The molecule has 4 aromatic rings. The number of aryl methyl sites for hydroxylation is 1. The highest BCUT2D eigenvalue weighted by molar-refractivity contribution is 6.00. The van der Waals surface area contributed by atoms with Crippen LogP contribution in [0.1, 0.15) is 82.1 Å². The number of carbonyl (C=O) groups excluding carboxylic acids is 2. The Morgan fingerprint density at radius 3 is 2.59 bits per heavy atom. The van der Waals surface area contributed by atoms with Crippen LogP contribution in [0.3, 0.4) is 0 Å². The van der Waals surface area contributed by atoms with Gasteiger partial charge >= 0.3 is 0 Å². The molecule has 2 N–H and O–H groups in total.